The Morgan fingerprint density at radius 2 is 2.22 bits per heavy atom. The van der Waals surface area contributed by atoms with Gasteiger partial charge in [0, 0.05) is 12.2 Å². The monoisotopic (exact) mass is 272 g/mol. The zero-order valence-corrected chi connectivity index (χ0v) is 10.1. The van der Waals surface area contributed by atoms with Crippen molar-refractivity contribution in [1.29, 1.82) is 5.26 Å². The third-order valence-corrected chi connectivity index (χ3v) is 2.66. The van der Waals surface area contributed by atoms with Gasteiger partial charge in [0.1, 0.15) is 0 Å². The molecule has 0 saturated heterocycles. The van der Waals surface area contributed by atoms with Gasteiger partial charge in [-0.25, -0.2) is 10.2 Å². The summed E-state index contributed by atoms with van der Waals surface area (Å²) >= 11 is 1.08. The Morgan fingerprint density at radius 3 is 2.72 bits per heavy atom. The summed E-state index contributed by atoms with van der Waals surface area (Å²) < 4.78 is 0. The van der Waals surface area contributed by atoms with Crippen molar-refractivity contribution in [1.82, 2.24) is 5.43 Å². The molecule has 4 N–H and O–H groups in total. The number of carboxylic acid groups (broad SMARTS) is 1. The van der Waals surface area contributed by atoms with Gasteiger partial charge in [-0.1, -0.05) is 0 Å². The molecule has 18 heavy (non-hydrogen) atoms. The lowest BCUT2D eigenvalue weighted by atomic mass is 10.2. The van der Waals surface area contributed by atoms with E-state index in [2.05, 4.69) is 5.10 Å². The van der Waals surface area contributed by atoms with Crippen LogP contribution in [0.1, 0.15) is 12.8 Å². The van der Waals surface area contributed by atoms with E-state index in [4.69, 9.17) is 16.1 Å². The highest BCUT2D eigenvalue weighted by Gasteiger charge is 2.13. The van der Waals surface area contributed by atoms with E-state index in [1.54, 1.807) is 0 Å². The molecular weight excluding hydrogens is 260 g/mol. The Morgan fingerprint density at radius 1 is 1.56 bits per heavy atom. The molecule has 0 aliphatic heterocycles. The van der Waals surface area contributed by atoms with Crippen LogP contribution in [0.15, 0.2) is 5.10 Å². The minimum absolute atomic E-state index is 0.0750. The zero-order valence-electron chi connectivity index (χ0n) is 9.33. The summed E-state index contributed by atoms with van der Waals surface area (Å²) in [6.07, 6.45) is 0.673. The van der Waals surface area contributed by atoms with E-state index < -0.39 is 23.0 Å². The predicted molar refractivity (Wildman–Crippen MR) is 64.9 cm³/mol. The third kappa shape index (κ3) is 9.17. The summed E-state index contributed by atoms with van der Waals surface area (Å²) in [5.74, 6) is -1.17. The molecule has 0 fully saturated rings. The first kappa shape index (κ1) is 15.9. The number of carbonyl (C=O) groups is 3. The Labute approximate surface area is 107 Å². The summed E-state index contributed by atoms with van der Waals surface area (Å²) in [4.78, 5) is 31.8. The fourth-order valence-electron chi connectivity index (χ4n) is 0.834. The van der Waals surface area contributed by atoms with Crippen LogP contribution < -0.4 is 11.2 Å². The van der Waals surface area contributed by atoms with E-state index in [9.17, 15) is 14.4 Å². The maximum absolute atomic E-state index is 11.3. The summed E-state index contributed by atoms with van der Waals surface area (Å²) in [6, 6.07) is 0.985. The number of rotatable bonds is 8. The number of nitrogens with two attached hydrogens (primary N) is 1. The second kappa shape index (κ2) is 9.00. The molecule has 2 amide bonds. The van der Waals surface area contributed by atoms with Crippen LogP contribution in [0.4, 0.5) is 4.79 Å². The van der Waals surface area contributed by atoms with Crippen molar-refractivity contribution in [2.45, 2.75) is 18.1 Å². The molecule has 0 heterocycles. The largest absolute Gasteiger partial charge is 0.481 e. The first-order valence-corrected chi connectivity index (χ1v) is 5.85. The molecule has 0 aliphatic rings. The van der Waals surface area contributed by atoms with Crippen LogP contribution >= 0.6 is 11.8 Å². The second-order valence-electron chi connectivity index (χ2n) is 3.04. The molecule has 1 atom stereocenters. The zero-order chi connectivity index (χ0) is 14.0. The maximum atomic E-state index is 11.3. The van der Waals surface area contributed by atoms with Crippen molar-refractivity contribution in [3.63, 3.8) is 0 Å². The van der Waals surface area contributed by atoms with Crippen LogP contribution in [-0.4, -0.2) is 40.1 Å². The minimum Gasteiger partial charge on any atom is -0.481 e. The number of hydrazone groups is 1. The number of thioether (sulfide) groups is 1. The number of carboxylic acids is 1. The molecule has 0 bridgehead atoms. The highest BCUT2D eigenvalue weighted by Crippen LogP contribution is 2.15. The Hall–Kier alpha value is -2.08. The Balaban J connectivity index is 4.01. The summed E-state index contributed by atoms with van der Waals surface area (Å²) in [5, 5.41) is 19.8. The molecule has 98 valence electrons. The Kier molecular flexibility index (Phi) is 7.96. The lowest BCUT2D eigenvalue weighted by Gasteiger charge is -2.04. The summed E-state index contributed by atoms with van der Waals surface area (Å²) in [7, 11) is 0. The third-order valence-electron chi connectivity index (χ3n) is 1.55. The molecule has 9 heteroatoms. The quantitative estimate of drug-likeness (QED) is 0.408. The molecule has 0 spiro atoms. The van der Waals surface area contributed by atoms with Crippen molar-refractivity contribution in [3.8, 4) is 6.07 Å². The number of nitrogens with zero attached hydrogens (tertiary/aromatic N) is 2. The average molecular weight is 272 g/mol. The highest BCUT2D eigenvalue weighted by atomic mass is 32.2. The lowest BCUT2D eigenvalue weighted by Crippen LogP contribution is -2.25. The van der Waals surface area contributed by atoms with Crippen molar-refractivity contribution >= 4 is 35.8 Å². The van der Waals surface area contributed by atoms with Crippen LogP contribution in [0.5, 0.6) is 0 Å². The standard InChI is InChI=1S/C9H12N4O4S/c10-4-7(18-2-1-8(15)16)3-6(14)5-12-13-9(11)17/h5,7H,1-3H2,(H,15,16)(H3,11,13,17)/b12-5-/t7-/m1/s1. The van der Waals surface area contributed by atoms with Gasteiger partial charge in [-0.05, 0) is 0 Å². The SMILES string of the molecule is N#C[C@@H](CC(=O)/C=N\NC(N)=O)SCCC(=O)O. The van der Waals surface area contributed by atoms with E-state index in [1.165, 1.54) is 0 Å². The van der Waals surface area contributed by atoms with Gasteiger partial charge in [-0.3, -0.25) is 9.59 Å². The van der Waals surface area contributed by atoms with Gasteiger partial charge >= 0.3 is 12.0 Å². The number of carbonyl (C=O) groups excluding carboxylic acids is 2. The van der Waals surface area contributed by atoms with Gasteiger partial charge in [0.25, 0.3) is 0 Å². The molecule has 0 rings (SSSR count). The number of nitrogens with one attached hydrogen (secondary N) is 1. The van der Waals surface area contributed by atoms with E-state index in [-0.39, 0.29) is 18.6 Å². The van der Waals surface area contributed by atoms with E-state index >= 15 is 0 Å². The van der Waals surface area contributed by atoms with Gasteiger partial charge in [-0.15, -0.1) is 11.8 Å². The number of Topliss-reactive ketones (excluding diaryl/α,β-unsaturated/α-hetero) is 1. The molecular formula is C9H12N4O4S. The maximum Gasteiger partial charge on any atom is 0.332 e. The topological polar surface area (TPSA) is 146 Å². The molecule has 0 unspecified atom stereocenters. The second-order valence-corrected chi connectivity index (χ2v) is 4.35. The number of ketones is 1. The fourth-order valence-corrected chi connectivity index (χ4v) is 1.77. The number of nitriles is 1. The van der Waals surface area contributed by atoms with Crippen LogP contribution in [0, 0.1) is 11.3 Å². The van der Waals surface area contributed by atoms with Crippen molar-refractivity contribution < 1.29 is 19.5 Å². The van der Waals surface area contributed by atoms with Crippen LogP contribution in [0.25, 0.3) is 0 Å². The molecule has 0 aromatic carbocycles. The van der Waals surface area contributed by atoms with E-state index in [0.717, 1.165) is 18.0 Å². The molecule has 0 aromatic rings. The molecule has 0 radical (unpaired) electrons. The number of amides is 2. The van der Waals surface area contributed by atoms with Gasteiger partial charge < -0.3 is 10.8 Å². The summed E-state index contributed by atoms with van der Waals surface area (Å²) in [6.45, 7) is 0. The molecule has 8 nitrogen and oxygen atoms in total. The normalized spacial score (nSPS) is 11.7. The first-order chi connectivity index (χ1) is 8.45. The summed E-state index contributed by atoms with van der Waals surface area (Å²) in [5.41, 5.74) is 6.56. The number of urea groups is 1. The van der Waals surface area contributed by atoms with Crippen molar-refractivity contribution in [2.75, 3.05) is 5.75 Å². The van der Waals surface area contributed by atoms with Crippen LogP contribution in [-0.2, 0) is 9.59 Å². The number of hydrogen-bond acceptors (Lipinski definition) is 6. The number of hydrogen-bond donors (Lipinski definition) is 3. The number of primary amides is 1. The molecule has 0 aromatic heterocycles. The van der Waals surface area contributed by atoms with Gasteiger partial charge in [-0.2, -0.15) is 10.4 Å². The minimum atomic E-state index is -0.960. The van der Waals surface area contributed by atoms with Crippen molar-refractivity contribution in [3.05, 3.63) is 0 Å². The highest BCUT2D eigenvalue weighted by molar-refractivity contribution is 8.00. The van der Waals surface area contributed by atoms with Gasteiger partial charge in [0.15, 0.2) is 5.78 Å². The van der Waals surface area contributed by atoms with E-state index in [0.29, 0.717) is 0 Å². The van der Waals surface area contributed by atoms with Gasteiger partial charge in [0.05, 0.1) is 24.0 Å². The Bertz CT molecular complexity index is 391. The first-order valence-electron chi connectivity index (χ1n) is 4.80. The van der Waals surface area contributed by atoms with Crippen LogP contribution in [0.2, 0.25) is 0 Å². The van der Waals surface area contributed by atoms with E-state index in [1.807, 2.05) is 11.5 Å². The van der Waals surface area contributed by atoms with Crippen LogP contribution in [0.3, 0.4) is 0 Å². The van der Waals surface area contributed by atoms with Crippen molar-refractivity contribution in [2.24, 2.45) is 10.8 Å². The predicted octanol–water partition coefficient (Wildman–Crippen LogP) is -0.300. The molecule has 0 saturated carbocycles. The van der Waals surface area contributed by atoms with Gasteiger partial charge in [0.2, 0.25) is 0 Å². The smallest absolute Gasteiger partial charge is 0.332 e. The number of aliphatic carboxylic acids is 1. The molecule has 0 aliphatic carbocycles. The average Bonchev–Trinajstić information content (AvgIpc) is 2.26. The lowest BCUT2D eigenvalue weighted by molar-refractivity contribution is -0.136. The fraction of sp³-hybridized carbons (Fsp3) is 0.444.